The Bertz CT molecular complexity index is 339. The van der Waals surface area contributed by atoms with Gasteiger partial charge in [-0.25, -0.2) is 4.79 Å². The summed E-state index contributed by atoms with van der Waals surface area (Å²) in [5, 5.41) is 2.69. The van der Waals surface area contributed by atoms with E-state index in [0.717, 1.165) is 0 Å². The Kier molecular flexibility index (Phi) is 3.41. The number of carbonyl (C=O) groups excluding carboxylic acids is 2. The fourth-order valence-corrected chi connectivity index (χ4v) is 1.49. The highest BCUT2D eigenvalue weighted by Gasteiger charge is 2.32. The largest absolute Gasteiger partial charge is 0.457 e. The van der Waals surface area contributed by atoms with Crippen molar-refractivity contribution in [2.45, 2.75) is 40.2 Å². The molecule has 1 N–H and O–H groups in total. The molecule has 0 spiro atoms. The third kappa shape index (κ3) is 3.08. The quantitative estimate of drug-likeness (QED) is 0.545. The molecule has 1 rings (SSSR count). The van der Waals surface area contributed by atoms with Gasteiger partial charge in [0.05, 0.1) is 0 Å². The van der Waals surface area contributed by atoms with Crippen molar-refractivity contribution in [1.29, 1.82) is 0 Å². The summed E-state index contributed by atoms with van der Waals surface area (Å²) in [4.78, 5) is 22.9. The van der Waals surface area contributed by atoms with Gasteiger partial charge in [-0.3, -0.25) is 4.79 Å². The zero-order valence-electron chi connectivity index (χ0n) is 10.5. The smallest absolute Gasteiger partial charge is 0.333 e. The first-order valence-electron chi connectivity index (χ1n) is 5.46. The minimum absolute atomic E-state index is 0.0395. The van der Waals surface area contributed by atoms with Crippen LogP contribution >= 0.6 is 0 Å². The second-order valence-electron chi connectivity index (χ2n) is 5.20. The van der Waals surface area contributed by atoms with Crippen molar-refractivity contribution in [2.24, 2.45) is 11.8 Å². The van der Waals surface area contributed by atoms with Gasteiger partial charge in [0.25, 0.3) is 0 Å². The van der Waals surface area contributed by atoms with Crippen molar-refractivity contribution in [3.63, 3.8) is 0 Å². The fraction of sp³-hybridized carbons (Fsp3) is 0.667. The van der Waals surface area contributed by atoms with Gasteiger partial charge in [0.15, 0.2) is 0 Å². The van der Waals surface area contributed by atoms with Crippen molar-refractivity contribution in [3.8, 4) is 0 Å². The Morgan fingerprint density at radius 2 is 1.88 bits per heavy atom. The summed E-state index contributed by atoms with van der Waals surface area (Å²) in [5.41, 5.74) is 0.137. The van der Waals surface area contributed by atoms with Crippen LogP contribution in [-0.2, 0) is 14.3 Å². The van der Waals surface area contributed by atoms with Crippen molar-refractivity contribution >= 4 is 11.9 Å². The van der Waals surface area contributed by atoms with Crippen LogP contribution in [0.15, 0.2) is 11.8 Å². The molecule has 0 aromatic rings. The van der Waals surface area contributed by atoms with Crippen LogP contribution in [0, 0.1) is 11.8 Å². The Balaban J connectivity index is 2.72. The van der Waals surface area contributed by atoms with E-state index < -0.39 is 11.6 Å². The highest BCUT2D eigenvalue weighted by atomic mass is 16.6. The van der Waals surface area contributed by atoms with E-state index in [1.54, 1.807) is 0 Å². The van der Waals surface area contributed by atoms with Crippen LogP contribution in [0.5, 0.6) is 0 Å². The molecule has 0 bridgehead atoms. The molecule has 1 aliphatic heterocycles. The molecule has 90 valence electrons. The zero-order chi connectivity index (χ0) is 12.5. The molecule has 1 heterocycles. The molecule has 0 aliphatic carbocycles. The van der Waals surface area contributed by atoms with Crippen LogP contribution in [0.2, 0.25) is 0 Å². The maximum absolute atomic E-state index is 11.5. The first kappa shape index (κ1) is 12.7. The summed E-state index contributed by atoms with van der Waals surface area (Å²) >= 11 is 0. The molecule has 1 amide bonds. The molecule has 2 atom stereocenters. The molecule has 0 aromatic carbocycles. The standard InChI is InChI=1S/C12H19NO3/c1-7-8(2)11(15)13-9(7)6-10(14)16-12(3,4)5/h6-8H,1-5H3,(H,13,15)/b9-6+. The molecular formula is C12H19NO3. The molecule has 0 radical (unpaired) electrons. The summed E-state index contributed by atoms with van der Waals surface area (Å²) in [6.45, 7) is 9.18. The lowest BCUT2D eigenvalue weighted by Crippen LogP contribution is -2.24. The van der Waals surface area contributed by atoms with Crippen molar-refractivity contribution < 1.29 is 14.3 Å². The van der Waals surface area contributed by atoms with Gasteiger partial charge >= 0.3 is 5.97 Å². The number of hydrogen-bond acceptors (Lipinski definition) is 3. The summed E-state index contributed by atoms with van der Waals surface area (Å²) in [6.07, 6.45) is 1.37. The Morgan fingerprint density at radius 1 is 1.31 bits per heavy atom. The first-order chi connectivity index (χ1) is 7.20. The van der Waals surface area contributed by atoms with Gasteiger partial charge in [-0.15, -0.1) is 0 Å². The summed E-state index contributed by atoms with van der Waals surface area (Å²) in [5.74, 6) is -0.500. The normalized spacial score (nSPS) is 28.1. The van der Waals surface area contributed by atoms with E-state index in [2.05, 4.69) is 5.32 Å². The molecule has 0 saturated carbocycles. The van der Waals surface area contributed by atoms with Gasteiger partial charge in [0.2, 0.25) is 5.91 Å². The molecule has 1 aliphatic rings. The minimum Gasteiger partial charge on any atom is -0.457 e. The first-order valence-corrected chi connectivity index (χ1v) is 5.46. The van der Waals surface area contributed by atoms with Gasteiger partial charge in [-0.1, -0.05) is 13.8 Å². The maximum Gasteiger partial charge on any atom is 0.333 e. The Morgan fingerprint density at radius 3 is 2.25 bits per heavy atom. The molecule has 16 heavy (non-hydrogen) atoms. The number of nitrogens with one attached hydrogen (secondary N) is 1. The van der Waals surface area contributed by atoms with E-state index >= 15 is 0 Å². The van der Waals surface area contributed by atoms with E-state index in [1.807, 2.05) is 34.6 Å². The van der Waals surface area contributed by atoms with Crippen molar-refractivity contribution in [1.82, 2.24) is 5.32 Å². The van der Waals surface area contributed by atoms with E-state index in [1.165, 1.54) is 6.08 Å². The maximum atomic E-state index is 11.5. The molecule has 4 heteroatoms. The third-order valence-electron chi connectivity index (χ3n) is 2.60. The number of esters is 1. The van der Waals surface area contributed by atoms with E-state index in [-0.39, 0.29) is 17.7 Å². The molecule has 1 fully saturated rings. The zero-order valence-corrected chi connectivity index (χ0v) is 10.5. The lowest BCUT2D eigenvalue weighted by atomic mass is 9.97. The summed E-state index contributed by atoms with van der Waals surface area (Å²) in [6, 6.07) is 0. The van der Waals surface area contributed by atoms with Gasteiger partial charge < -0.3 is 10.1 Å². The van der Waals surface area contributed by atoms with Gasteiger partial charge in [0.1, 0.15) is 5.60 Å². The molecule has 2 unspecified atom stereocenters. The SMILES string of the molecule is CC1C(=O)N/C(=C/C(=O)OC(C)(C)C)C1C. The highest BCUT2D eigenvalue weighted by Crippen LogP contribution is 2.25. The minimum atomic E-state index is -0.508. The monoisotopic (exact) mass is 225 g/mol. The molecule has 0 aromatic heterocycles. The molecule has 4 nitrogen and oxygen atoms in total. The number of allylic oxidation sites excluding steroid dienone is 1. The molecule has 1 saturated heterocycles. The summed E-state index contributed by atoms with van der Waals surface area (Å²) < 4.78 is 5.15. The van der Waals surface area contributed by atoms with Crippen molar-refractivity contribution in [3.05, 3.63) is 11.8 Å². The van der Waals surface area contributed by atoms with Crippen LogP contribution in [0.25, 0.3) is 0 Å². The number of ether oxygens (including phenoxy) is 1. The number of amides is 1. The van der Waals surface area contributed by atoms with E-state index in [0.29, 0.717) is 5.70 Å². The lowest BCUT2D eigenvalue weighted by Gasteiger charge is -2.18. The van der Waals surface area contributed by atoms with E-state index in [9.17, 15) is 9.59 Å². The topological polar surface area (TPSA) is 55.4 Å². The van der Waals surface area contributed by atoms with Crippen LogP contribution in [-0.4, -0.2) is 17.5 Å². The second kappa shape index (κ2) is 4.28. The van der Waals surface area contributed by atoms with Crippen LogP contribution < -0.4 is 5.32 Å². The molecular weight excluding hydrogens is 206 g/mol. The van der Waals surface area contributed by atoms with Crippen LogP contribution in [0.3, 0.4) is 0 Å². The Labute approximate surface area is 96.0 Å². The Hall–Kier alpha value is -1.32. The predicted octanol–water partition coefficient (Wildman–Crippen LogP) is 1.61. The highest BCUT2D eigenvalue weighted by molar-refractivity contribution is 5.89. The second-order valence-corrected chi connectivity index (χ2v) is 5.20. The third-order valence-corrected chi connectivity index (χ3v) is 2.60. The predicted molar refractivity (Wildman–Crippen MR) is 60.4 cm³/mol. The van der Waals surface area contributed by atoms with Gasteiger partial charge in [0, 0.05) is 23.6 Å². The van der Waals surface area contributed by atoms with Crippen molar-refractivity contribution in [2.75, 3.05) is 0 Å². The van der Waals surface area contributed by atoms with Crippen LogP contribution in [0.1, 0.15) is 34.6 Å². The average molecular weight is 225 g/mol. The van der Waals surface area contributed by atoms with Gasteiger partial charge in [-0.05, 0) is 20.8 Å². The summed E-state index contributed by atoms with van der Waals surface area (Å²) in [7, 11) is 0. The lowest BCUT2D eigenvalue weighted by molar-refractivity contribution is -0.148. The fourth-order valence-electron chi connectivity index (χ4n) is 1.49. The van der Waals surface area contributed by atoms with E-state index in [4.69, 9.17) is 4.74 Å². The van der Waals surface area contributed by atoms with Gasteiger partial charge in [-0.2, -0.15) is 0 Å². The average Bonchev–Trinajstić information content (AvgIpc) is 2.30. The number of carbonyl (C=O) groups is 2. The number of rotatable bonds is 1. The number of hydrogen-bond donors (Lipinski definition) is 1. The van der Waals surface area contributed by atoms with Crippen LogP contribution in [0.4, 0.5) is 0 Å².